The van der Waals surface area contributed by atoms with Crippen molar-refractivity contribution in [2.75, 3.05) is 25.3 Å². The molecule has 0 amide bonds. The Morgan fingerprint density at radius 3 is 2.62 bits per heavy atom. The summed E-state index contributed by atoms with van der Waals surface area (Å²) < 4.78 is 10.8. The zero-order valence-electron chi connectivity index (χ0n) is 9.75. The van der Waals surface area contributed by atoms with Gasteiger partial charge in [-0.05, 0) is 24.5 Å². The second-order valence-electron chi connectivity index (χ2n) is 3.45. The van der Waals surface area contributed by atoms with Crippen molar-refractivity contribution in [2.45, 2.75) is 19.8 Å². The first-order chi connectivity index (χ1) is 7.72. The average Bonchev–Trinajstić information content (AvgIpc) is 2.30. The first kappa shape index (κ1) is 13.0. The third-order valence-corrected chi connectivity index (χ3v) is 2.61. The maximum Gasteiger partial charge on any atom is 0.163 e. The molecule has 0 heterocycles. The molecular formula is C12H18ClNO2. The highest BCUT2D eigenvalue weighted by Gasteiger charge is 2.08. The highest BCUT2D eigenvalue weighted by atomic mass is 35.5. The Bertz CT molecular complexity index is 342. The fourth-order valence-electron chi connectivity index (χ4n) is 1.43. The Hall–Kier alpha value is -1.09. The molecule has 1 aromatic carbocycles. The summed E-state index contributed by atoms with van der Waals surface area (Å²) in [5.41, 5.74) is 7.71. The lowest BCUT2D eigenvalue weighted by atomic mass is 10.1. The van der Waals surface area contributed by atoms with Crippen LogP contribution >= 0.6 is 11.6 Å². The van der Waals surface area contributed by atoms with E-state index in [0.717, 1.165) is 29.8 Å². The highest BCUT2D eigenvalue weighted by molar-refractivity contribution is 6.17. The molecule has 0 radical (unpaired) electrons. The molecule has 1 aromatic rings. The largest absolute Gasteiger partial charge is 0.493 e. The SMILES string of the molecule is CCc1cc(OC)c(OCCCCl)cc1N. The van der Waals surface area contributed by atoms with Crippen LogP contribution in [0.3, 0.4) is 0 Å². The molecule has 4 heteroatoms. The minimum Gasteiger partial charge on any atom is -0.493 e. The van der Waals surface area contributed by atoms with Crippen LogP contribution in [-0.4, -0.2) is 19.6 Å². The van der Waals surface area contributed by atoms with Crippen molar-refractivity contribution in [3.63, 3.8) is 0 Å². The Morgan fingerprint density at radius 1 is 1.31 bits per heavy atom. The highest BCUT2D eigenvalue weighted by Crippen LogP contribution is 2.32. The summed E-state index contributed by atoms with van der Waals surface area (Å²) in [6.45, 7) is 2.63. The van der Waals surface area contributed by atoms with Gasteiger partial charge in [-0.1, -0.05) is 6.92 Å². The summed E-state index contributed by atoms with van der Waals surface area (Å²) in [6, 6.07) is 3.73. The summed E-state index contributed by atoms with van der Waals surface area (Å²) in [5.74, 6) is 1.99. The molecule has 0 saturated carbocycles. The van der Waals surface area contributed by atoms with E-state index in [-0.39, 0.29) is 0 Å². The Labute approximate surface area is 101 Å². The first-order valence-corrected chi connectivity index (χ1v) is 5.91. The number of anilines is 1. The van der Waals surface area contributed by atoms with Crippen LogP contribution in [0.5, 0.6) is 11.5 Å². The Kier molecular flexibility index (Phi) is 5.26. The quantitative estimate of drug-likeness (QED) is 0.475. The molecule has 1 rings (SSSR count). The molecule has 2 N–H and O–H groups in total. The smallest absolute Gasteiger partial charge is 0.163 e. The summed E-state index contributed by atoms with van der Waals surface area (Å²) in [6.07, 6.45) is 1.68. The molecule has 3 nitrogen and oxygen atoms in total. The van der Waals surface area contributed by atoms with Gasteiger partial charge in [0.25, 0.3) is 0 Å². The number of hydrogen-bond donors (Lipinski definition) is 1. The summed E-state index contributed by atoms with van der Waals surface area (Å²) in [5, 5.41) is 0. The van der Waals surface area contributed by atoms with Gasteiger partial charge in [-0.3, -0.25) is 0 Å². The van der Waals surface area contributed by atoms with Gasteiger partial charge in [-0.25, -0.2) is 0 Å². The van der Waals surface area contributed by atoms with E-state index in [1.807, 2.05) is 12.1 Å². The van der Waals surface area contributed by atoms with E-state index in [1.54, 1.807) is 7.11 Å². The number of benzene rings is 1. The number of ether oxygens (including phenoxy) is 2. The molecule has 0 atom stereocenters. The predicted molar refractivity (Wildman–Crippen MR) is 67.6 cm³/mol. The van der Waals surface area contributed by atoms with Crippen molar-refractivity contribution in [3.05, 3.63) is 17.7 Å². The van der Waals surface area contributed by atoms with Crippen molar-refractivity contribution in [1.82, 2.24) is 0 Å². The molecule has 0 aliphatic heterocycles. The number of aryl methyl sites for hydroxylation is 1. The predicted octanol–water partition coefficient (Wildman–Crippen LogP) is 2.85. The van der Waals surface area contributed by atoms with Crippen molar-refractivity contribution in [1.29, 1.82) is 0 Å². The molecule has 0 aliphatic carbocycles. The molecule has 0 aliphatic rings. The van der Waals surface area contributed by atoms with Crippen LogP contribution in [0.15, 0.2) is 12.1 Å². The zero-order chi connectivity index (χ0) is 12.0. The normalized spacial score (nSPS) is 10.2. The van der Waals surface area contributed by atoms with E-state index < -0.39 is 0 Å². The van der Waals surface area contributed by atoms with Crippen LogP contribution in [0, 0.1) is 0 Å². The number of halogens is 1. The minimum absolute atomic E-state index is 0.574. The number of nitrogen functional groups attached to an aromatic ring is 1. The van der Waals surface area contributed by atoms with Gasteiger partial charge >= 0.3 is 0 Å². The lowest BCUT2D eigenvalue weighted by molar-refractivity contribution is 0.295. The summed E-state index contributed by atoms with van der Waals surface area (Å²) >= 11 is 5.58. The Morgan fingerprint density at radius 2 is 2.06 bits per heavy atom. The molecule has 0 fully saturated rings. The minimum atomic E-state index is 0.574. The second-order valence-corrected chi connectivity index (χ2v) is 3.82. The van der Waals surface area contributed by atoms with Crippen LogP contribution in [0.25, 0.3) is 0 Å². The molecule has 90 valence electrons. The van der Waals surface area contributed by atoms with E-state index in [0.29, 0.717) is 18.2 Å². The fraction of sp³-hybridized carbons (Fsp3) is 0.500. The van der Waals surface area contributed by atoms with Crippen molar-refractivity contribution in [2.24, 2.45) is 0 Å². The van der Waals surface area contributed by atoms with Gasteiger partial charge in [0.2, 0.25) is 0 Å². The standard InChI is InChI=1S/C12H18ClNO2/c1-3-9-7-11(15-2)12(8-10(9)14)16-6-4-5-13/h7-8H,3-6,14H2,1-2H3. The number of methoxy groups -OCH3 is 1. The van der Waals surface area contributed by atoms with Crippen molar-refractivity contribution >= 4 is 17.3 Å². The maximum absolute atomic E-state index is 5.90. The topological polar surface area (TPSA) is 44.5 Å². The lowest BCUT2D eigenvalue weighted by Crippen LogP contribution is -2.02. The maximum atomic E-state index is 5.90. The summed E-state index contributed by atoms with van der Waals surface area (Å²) in [7, 11) is 1.62. The van der Waals surface area contributed by atoms with Crippen LogP contribution in [0.4, 0.5) is 5.69 Å². The van der Waals surface area contributed by atoms with Crippen LogP contribution in [-0.2, 0) is 6.42 Å². The van der Waals surface area contributed by atoms with E-state index in [1.165, 1.54) is 0 Å². The van der Waals surface area contributed by atoms with E-state index >= 15 is 0 Å². The van der Waals surface area contributed by atoms with Gasteiger partial charge in [-0.15, -0.1) is 11.6 Å². The van der Waals surface area contributed by atoms with Crippen molar-refractivity contribution in [3.8, 4) is 11.5 Å². The van der Waals surface area contributed by atoms with E-state index in [4.69, 9.17) is 26.8 Å². The van der Waals surface area contributed by atoms with Gasteiger partial charge in [0.15, 0.2) is 11.5 Å². The average molecular weight is 244 g/mol. The number of nitrogens with two attached hydrogens (primary N) is 1. The second kappa shape index (κ2) is 6.48. The molecular weight excluding hydrogens is 226 g/mol. The third-order valence-electron chi connectivity index (χ3n) is 2.34. The molecule has 0 bridgehead atoms. The van der Waals surface area contributed by atoms with Crippen LogP contribution in [0.2, 0.25) is 0 Å². The number of rotatable bonds is 6. The fourth-order valence-corrected chi connectivity index (χ4v) is 1.54. The lowest BCUT2D eigenvalue weighted by Gasteiger charge is -2.13. The number of alkyl halides is 1. The van der Waals surface area contributed by atoms with Crippen LogP contribution in [0.1, 0.15) is 18.9 Å². The molecule has 0 spiro atoms. The molecule has 0 unspecified atom stereocenters. The summed E-state index contributed by atoms with van der Waals surface area (Å²) in [4.78, 5) is 0. The van der Waals surface area contributed by atoms with E-state index in [9.17, 15) is 0 Å². The zero-order valence-corrected chi connectivity index (χ0v) is 10.5. The monoisotopic (exact) mass is 243 g/mol. The first-order valence-electron chi connectivity index (χ1n) is 5.38. The van der Waals surface area contributed by atoms with E-state index in [2.05, 4.69) is 6.92 Å². The van der Waals surface area contributed by atoms with Crippen LogP contribution < -0.4 is 15.2 Å². The molecule has 0 saturated heterocycles. The van der Waals surface area contributed by atoms with Gasteiger partial charge in [0, 0.05) is 17.6 Å². The molecule has 0 aromatic heterocycles. The van der Waals surface area contributed by atoms with Gasteiger partial charge in [0.1, 0.15) is 0 Å². The van der Waals surface area contributed by atoms with Gasteiger partial charge in [0.05, 0.1) is 13.7 Å². The van der Waals surface area contributed by atoms with Crippen molar-refractivity contribution < 1.29 is 9.47 Å². The Balaban J connectivity index is 2.85. The molecule has 16 heavy (non-hydrogen) atoms. The third kappa shape index (κ3) is 3.20. The van der Waals surface area contributed by atoms with Gasteiger partial charge < -0.3 is 15.2 Å². The number of hydrogen-bond acceptors (Lipinski definition) is 3. The van der Waals surface area contributed by atoms with Gasteiger partial charge in [-0.2, -0.15) is 0 Å².